The van der Waals surface area contributed by atoms with E-state index in [1.807, 2.05) is 37.4 Å². The van der Waals surface area contributed by atoms with Crippen molar-refractivity contribution in [1.82, 2.24) is 4.57 Å². The van der Waals surface area contributed by atoms with Crippen molar-refractivity contribution in [2.24, 2.45) is 18.7 Å². The molecule has 0 aliphatic carbocycles. The molecular weight excluding hydrogens is 224 g/mol. The van der Waals surface area contributed by atoms with E-state index in [4.69, 9.17) is 5.73 Å². The van der Waals surface area contributed by atoms with Gasteiger partial charge in [0.25, 0.3) is 5.56 Å². The Bertz CT molecular complexity index is 613. The molecule has 1 aromatic carbocycles. The number of rotatable bonds is 3. The number of benzene rings is 1. The van der Waals surface area contributed by atoms with Crippen LogP contribution in [-0.2, 0) is 7.05 Å². The van der Waals surface area contributed by atoms with Crippen molar-refractivity contribution in [3.05, 3.63) is 46.2 Å². The fourth-order valence-corrected chi connectivity index (χ4v) is 2.47. The zero-order chi connectivity index (χ0) is 13.3. The van der Waals surface area contributed by atoms with Crippen LogP contribution in [0.2, 0.25) is 0 Å². The molecule has 2 N–H and O–H groups in total. The Morgan fingerprint density at radius 1 is 1.28 bits per heavy atom. The van der Waals surface area contributed by atoms with Crippen LogP contribution in [0, 0.1) is 5.92 Å². The highest BCUT2D eigenvalue weighted by Gasteiger charge is 2.19. The average Bonchev–Trinajstić information content (AvgIpc) is 2.36. The molecule has 0 saturated heterocycles. The lowest BCUT2D eigenvalue weighted by Crippen LogP contribution is -2.29. The molecule has 0 fully saturated rings. The summed E-state index contributed by atoms with van der Waals surface area (Å²) in [6.07, 6.45) is 0. The highest BCUT2D eigenvalue weighted by molar-refractivity contribution is 5.79. The van der Waals surface area contributed by atoms with Crippen LogP contribution in [0.15, 0.2) is 35.1 Å². The molecule has 1 aromatic heterocycles. The molecule has 0 amide bonds. The van der Waals surface area contributed by atoms with Crippen LogP contribution in [-0.4, -0.2) is 11.1 Å². The molecule has 0 saturated carbocycles. The topological polar surface area (TPSA) is 48.0 Å². The predicted octanol–water partition coefficient (Wildman–Crippen LogP) is 2.24. The van der Waals surface area contributed by atoms with Crippen LogP contribution in [0.3, 0.4) is 0 Å². The van der Waals surface area contributed by atoms with E-state index in [9.17, 15) is 4.79 Å². The molecule has 18 heavy (non-hydrogen) atoms. The summed E-state index contributed by atoms with van der Waals surface area (Å²) in [5, 5.41) is 1.09. The molecule has 2 rings (SSSR count). The fraction of sp³-hybridized carbons (Fsp3) is 0.400. The second kappa shape index (κ2) is 4.94. The van der Waals surface area contributed by atoms with Gasteiger partial charge in [-0.1, -0.05) is 32.0 Å². The Morgan fingerprint density at radius 3 is 2.56 bits per heavy atom. The van der Waals surface area contributed by atoms with Crippen molar-refractivity contribution in [2.45, 2.75) is 19.8 Å². The molecule has 2 aromatic rings. The second-order valence-electron chi connectivity index (χ2n) is 5.11. The van der Waals surface area contributed by atoms with Crippen molar-refractivity contribution in [3.63, 3.8) is 0 Å². The lowest BCUT2D eigenvalue weighted by molar-refractivity contribution is 0.500. The Labute approximate surface area is 107 Å². The summed E-state index contributed by atoms with van der Waals surface area (Å²) in [4.78, 5) is 12.4. The van der Waals surface area contributed by atoms with Crippen molar-refractivity contribution in [1.29, 1.82) is 0 Å². The minimum Gasteiger partial charge on any atom is -0.330 e. The third-order valence-corrected chi connectivity index (χ3v) is 3.62. The van der Waals surface area contributed by atoms with Gasteiger partial charge in [-0.25, -0.2) is 0 Å². The minimum atomic E-state index is 0.0675. The lowest BCUT2D eigenvalue weighted by Gasteiger charge is -2.20. The van der Waals surface area contributed by atoms with E-state index in [0.29, 0.717) is 12.5 Å². The molecule has 3 nitrogen and oxygen atoms in total. The maximum absolute atomic E-state index is 12.4. The first-order valence-corrected chi connectivity index (χ1v) is 6.35. The van der Waals surface area contributed by atoms with Crippen molar-refractivity contribution in [2.75, 3.05) is 6.54 Å². The summed E-state index contributed by atoms with van der Waals surface area (Å²) >= 11 is 0. The van der Waals surface area contributed by atoms with E-state index in [-0.39, 0.29) is 11.5 Å². The highest BCUT2D eigenvalue weighted by Crippen LogP contribution is 2.23. The SMILES string of the molecule is CC(C)C(CN)c1cc2ccccc2n(C)c1=O. The molecule has 1 atom stereocenters. The van der Waals surface area contributed by atoms with Gasteiger partial charge in [0.1, 0.15) is 0 Å². The van der Waals surface area contributed by atoms with Gasteiger partial charge in [0.05, 0.1) is 5.52 Å². The maximum Gasteiger partial charge on any atom is 0.254 e. The van der Waals surface area contributed by atoms with Crippen molar-refractivity contribution >= 4 is 10.9 Å². The summed E-state index contributed by atoms with van der Waals surface area (Å²) in [5.41, 5.74) is 7.68. The van der Waals surface area contributed by atoms with Crippen LogP contribution in [0.25, 0.3) is 10.9 Å². The maximum atomic E-state index is 12.4. The highest BCUT2D eigenvalue weighted by atomic mass is 16.1. The summed E-state index contributed by atoms with van der Waals surface area (Å²) in [6.45, 7) is 4.71. The van der Waals surface area contributed by atoms with Gasteiger partial charge in [0.15, 0.2) is 0 Å². The second-order valence-corrected chi connectivity index (χ2v) is 5.11. The molecule has 3 heteroatoms. The minimum absolute atomic E-state index is 0.0675. The first-order valence-electron chi connectivity index (χ1n) is 6.35. The van der Waals surface area contributed by atoms with Crippen LogP contribution < -0.4 is 11.3 Å². The molecule has 96 valence electrons. The molecule has 0 bridgehead atoms. The number of aromatic nitrogens is 1. The van der Waals surface area contributed by atoms with Crippen LogP contribution in [0.5, 0.6) is 0 Å². The van der Waals surface area contributed by atoms with Gasteiger partial charge in [-0.15, -0.1) is 0 Å². The molecule has 1 unspecified atom stereocenters. The zero-order valence-electron chi connectivity index (χ0n) is 11.2. The van der Waals surface area contributed by atoms with E-state index < -0.39 is 0 Å². The molecule has 1 heterocycles. The number of para-hydroxylation sites is 1. The Kier molecular flexibility index (Phi) is 3.53. The summed E-state index contributed by atoms with van der Waals surface area (Å²) in [6, 6.07) is 9.93. The number of hydrogen-bond donors (Lipinski definition) is 1. The monoisotopic (exact) mass is 244 g/mol. The van der Waals surface area contributed by atoms with Gasteiger partial charge in [0.2, 0.25) is 0 Å². The van der Waals surface area contributed by atoms with E-state index in [0.717, 1.165) is 16.5 Å². The van der Waals surface area contributed by atoms with Gasteiger partial charge >= 0.3 is 0 Å². The van der Waals surface area contributed by atoms with Crippen molar-refractivity contribution < 1.29 is 0 Å². The molecular formula is C15H20N2O. The van der Waals surface area contributed by atoms with E-state index in [2.05, 4.69) is 13.8 Å². The molecule has 0 aliphatic heterocycles. The summed E-state index contributed by atoms with van der Waals surface area (Å²) < 4.78 is 1.72. The van der Waals surface area contributed by atoms with Gasteiger partial charge < -0.3 is 10.3 Å². The average molecular weight is 244 g/mol. The van der Waals surface area contributed by atoms with Gasteiger partial charge in [-0.05, 0) is 30.0 Å². The Morgan fingerprint density at radius 2 is 1.94 bits per heavy atom. The van der Waals surface area contributed by atoms with E-state index in [1.54, 1.807) is 4.57 Å². The Balaban J connectivity index is 2.72. The zero-order valence-corrected chi connectivity index (χ0v) is 11.2. The quantitative estimate of drug-likeness (QED) is 0.900. The first kappa shape index (κ1) is 12.8. The Hall–Kier alpha value is -1.61. The lowest BCUT2D eigenvalue weighted by atomic mass is 9.88. The summed E-state index contributed by atoms with van der Waals surface area (Å²) in [7, 11) is 1.82. The van der Waals surface area contributed by atoms with Gasteiger partial charge in [0, 0.05) is 18.5 Å². The third-order valence-electron chi connectivity index (χ3n) is 3.62. The van der Waals surface area contributed by atoms with Crippen molar-refractivity contribution in [3.8, 4) is 0 Å². The molecule has 0 spiro atoms. The molecule has 0 radical (unpaired) electrons. The smallest absolute Gasteiger partial charge is 0.254 e. The van der Waals surface area contributed by atoms with E-state index in [1.165, 1.54) is 0 Å². The predicted molar refractivity (Wildman–Crippen MR) is 75.8 cm³/mol. The van der Waals surface area contributed by atoms with Gasteiger partial charge in [-0.2, -0.15) is 0 Å². The van der Waals surface area contributed by atoms with Gasteiger partial charge in [-0.3, -0.25) is 4.79 Å². The summed E-state index contributed by atoms with van der Waals surface area (Å²) in [5.74, 6) is 0.483. The number of nitrogens with zero attached hydrogens (tertiary/aromatic N) is 1. The van der Waals surface area contributed by atoms with Crippen LogP contribution >= 0.6 is 0 Å². The largest absolute Gasteiger partial charge is 0.330 e. The normalized spacial score (nSPS) is 13.2. The van der Waals surface area contributed by atoms with Crippen LogP contribution in [0.4, 0.5) is 0 Å². The first-order chi connectivity index (χ1) is 8.56. The number of aryl methyl sites for hydroxylation is 1. The standard InChI is InChI=1S/C15H20N2O/c1-10(2)13(9-16)12-8-11-6-4-5-7-14(11)17(3)15(12)18/h4-8,10,13H,9,16H2,1-3H3. The third kappa shape index (κ3) is 2.06. The number of hydrogen-bond acceptors (Lipinski definition) is 2. The number of pyridine rings is 1. The fourth-order valence-electron chi connectivity index (χ4n) is 2.47. The van der Waals surface area contributed by atoms with E-state index >= 15 is 0 Å². The molecule has 0 aliphatic rings. The van der Waals surface area contributed by atoms with Crippen LogP contribution in [0.1, 0.15) is 25.3 Å². The number of nitrogens with two attached hydrogens (primary N) is 1. The number of fused-ring (bicyclic) bond motifs is 1.